The second kappa shape index (κ2) is 7.78. The SMILES string of the molecule is CC1=C(C(=O)OCC(C)C)C(c2ccccc2Br)C2=C(CCCC2=O)N1. The molecule has 0 spiro atoms. The second-order valence-electron chi connectivity index (χ2n) is 7.28. The summed E-state index contributed by atoms with van der Waals surface area (Å²) in [5, 5.41) is 3.31. The van der Waals surface area contributed by atoms with E-state index in [1.54, 1.807) is 0 Å². The molecule has 0 fully saturated rings. The molecule has 1 aliphatic heterocycles. The van der Waals surface area contributed by atoms with E-state index in [1.165, 1.54) is 0 Å². The van der Waals surface area contributed by atoms with Gasteiger partial charge in [0.05, 0.1) is 12.2 Å². The van der Waals surface area contributed by atoms with Crippen LogP contribution in [0.2, 0.25) is 0 Å². The number of Topliss-reactive ketones (excluding diaryl/α,β-unsaturated/α-hetero) is 1. The van der Waals surface area contributed by atoms with Crippen molar-refractivity contribution < 1.29 is 14.3 Å². The molecule has 0 amide bonds. The smallest absolute Gasteiger partial charge is 0.336 e. The Morgan fingerprint density at radius 1 is 1.31 bits per heavy atom. The highest BCUT2D eigenvalue weighted by molar-refractivity contribution is 9.10. The van der Waals surface area contributed by atoms with Gasteiger partial charge in [0.25, 0.3) is 0 Å². The van der Waals surface area contributed by atoms with Crippen molar-refractivity contribution in [1.82, 2.24) is 5.32 Å². The summed E-state index contributed by atoms with van der Waals surface area (Å²) in [4.78, 5) is 25.7. The quantitative estimate of drug-likeness (QED) is 0.726. The van der Waals surface area contributed by atoms with Crippen molar-refractivity contribution in [2.24, 2.45) is 5.92 Å². The van der Waals surface area contributed by atoms with E-state index >= 15 is 0 Å². The first-order valence-electron chi connectivity index (χ1n) is 9.05. The highest BCUT2D eigenvalue weighted by atomic mass is 79.9. The third kappa shape index (κ3) is 3.63. The first-order valence-corrected chi connectivity index (χ1v) is 9.85. The molecule has 2 aliphatic rings. The van der Waals surface area contributed by atoms with Gasteiger partial charge in [-0.2, -0.15) is 0 Å². The number of rotatable bonds is 4. The molecular weight excluding hydrogens is 394 g/mol. The summed E-state index contributed by atoms with van der Waals surface area (Å²) in [5.41, 5.74) is 3.89. The maximum absolute atomic E-state index is 12.9. The lowest BCUT2D eigenvalue weighted by Gasteiger charge is -2.34. The largest absolute Gasteiger partial charge is 0.462 e. The van der Waals surface area contributed by atoms with E-state index in [1.807, 2.05) is 45.0 Å². The minimum absolute atomic E-state index is 0.112. The van der Waals surface area contributed by atoms with Gasteiger partial charge in [0.15, 0.2) is 5.78 Å². The van der Waals surface area contributed by atoms with E-state index in [-0.39, 0.29) is 17.7 Å². The number of carbonyl (C=O) groups excluding carboxylic acids is 2. The van der Waals surface area contributed by atoms with Gasteiger partial charge in [-0.05, 0) is 37.3 Å². The van der Waals surface area contributed by atoms with Crippen LogP contribution >= 0.6 is 15.9 Å². The Bertz CT molecular complexity index is 807. The van der Waals surface area contributed by atoms with Gasteiger partial charge in [0, 0.05) is 33.8 Å². The normalized spacial score (nSPS) is 20.2. The van der Waals surface area contributed by atoms with Gasteiger partial charge in [-0.1, -0.05) is 48.0 Å². The van der Waals surface area contributed by atoms with Crippen molar-refractivity contribution in [3.63, 3.8) is 0 Å². The number of nitrogens with one attached hydrogen (secondary N) is 1. The lowest BCUT2D eigenvalue weighted by atomic mass is 9.75. The van der Waals surface area contributed by atoms with E-state index in [9.17, 15) is 9.59 Å². The zero-order valence-electron chi connectivity index (χ0n) is 15.4. The fourth-order valence-electron chi connectivity index (χ4n) is 3.59. The molecular formula is C21H24BrNO3. The number of ketones is 1. The Labute approximate surface area is 162 Å². The molecule has 26 heavy (non-hydrogen) atoms. The van der Waals surface area contributed by atoms with Crippen molar-refractivity contribution >= 4 is 27.7 Å². The molecule has 1 N–H and O–H groups in total. The molecule has 138 valence electrons. The van der Waals surface area contributed by atoms with Crippen LogP contribution in [-0.2, 0) is 14.3 Å². The maximum Gasteiger partial charge on any atom is 0.336 e. The number of halogens is 1. The molecule has 1 aliphatic carbocycles. The average molecular weight is 418 g/mol. The van der Waals surface area contributed by atoms with Crippen molar-refractivity contribution in [1.29, 1.82) is 0 Å². The zero-order chi connectivity index (χ0) is 18.8. The maximum atomic E-state index is 12.9. The minimum atomic E-state index is -0.394. The highest BCUT2D eigenvalue weighted by Gasteiger charge is 2.39. The summed E-state index contributed by atoms with van der Waals surface area (Å²) in [5.74, 6) is -0.380. The average Bonchev–Trinajstić information content (AvgIpc) is 2.59. The number of dihydropyridines is 1. The van der Waals surface area contributed by atoms with Crippen LogP contribution in [0.5, 0.6) is 0 Å². The number of hydrogen-bond acceptors (Lipinski definition) is 4. The monoisotopic (exact) mass is 417 g/mol. The van der Waals surface area contributed by atoms with E-state index in [0.29, 0.717) is 24.2 Å². The molecule has 0 aromatic heterocycles. The first kappa shape index (κ1) is 18.9. The molecule has 3 rings (SSSR count). The van der Waals surface area contributed by atoms with Crippen molar-refractivity contribution in [2.75, 3.05) is 6.61 Å². The third-order valence-electron chi connectivity index (χ3n) is 4.76. The molecule has 0 radical (unpaired) electrons. The molecule has 1 heterocycles. The number of allylic oxidation sites excluding steroid dienone is 3. The van der Waals surface area contributed by atoms with E-state index < -0.39 is 5.92 Å². The zero-order valence-corrected chi connectivity index (χ0v) is 17.0. The summed E-state index contributed by atoms with van der Waals surface area (Å²) in [6.45, 7) is 6.26. The fourth-order valence-corrected chi connectivity index (χ4v) is 4.11. The van der Waals surface area contributed by atoms with E-state index in [2.05, 4.69) is 21.2 Å². The van der Waals surface area contributed by atoms with Crippen LogP contribution in [0, 0.1) is 5.92 Å². The summed E-state index contributed by atoms with van der Waals surface area (Å²) >= 11 is 3.60. The Morgan fingerprint density at radius 3 is 2.73 bits per heavy atom. The number of benzene rings is 1. The number of esters is 1. The molecule has 0 bridgehead atoms. The topological polar surface area (TPSA) is 55.4 Å². The highest BCUT2D eigenvalue weighted by Crippen LogP contribution is 2.44. The fraction of sp³-hybridized carbons (Fsp3) is 0.429. The van der Waals surface area contributed by atoms with Gasteiger partial charge in [0.1, 0.15) is 0 Å². The van der Waals surface area contributed by atoms with Crippen molar-refractivity contribution in [2.45, 2.75) is 46.0 Å². The second-order valence-corrected chi connectivity index (χ2v) is 8.13. The van der Waals surface area contributed by atoms with Gasteiger partial charge in [-0.25, -0.2) is 4.79 Å². The van der Waals surface area contributed by atoms with Crippen LogP contribution in [0.3, 0.4) is 0 Å². The molecule has 1 aromatic rings. The summed E-state index contributed by atoms with van der Waals surface area (Å²) in [6.07, 6.45) is 2.19. The summed E-state index contributed by atoms with van der Waals surface area (Å²) in [7, 11) is 0. The summed E-state index contributed by atoms with van der Waals surface area (Å²) in [6, 6.07) is 7.77. The minimum Gasteiger partial charge on any atom is -0.462 e. The lowest BCUT2D eigenvalue weighted by molar-refractivity contribution is -0.140. The molecule has 1 atom stereocenters. The number of ether oxygens (including phenoxy) is 1. The van der Waals surface area contributed by atoms with Gasteiger partial charge in [0.2, 0.25) is 0 Å². The van der Waals surface area contributed by atoms with E-state index in [0.717, 1.165) is 34.3 Å². The van der Waals surface area contributed by atoms with Crippen LogP contribution < -0.4 is 5.32 Å². The lowest BCUT2D eigenvalue weighted by Crippen LogP contribution is -2.34. The Morgan fingerprint density at radius 2 is 2.04 bits per heavy atom. The molecule has 0 saturated carbocycles. The molecule has 1 aromatic carbocycles. The molecule has 1 unspecified atom stereocenters. The number of hydrogen-bond donors (Lipinski definition) is 1. The van der Waals surface area contributed by atoms with Crippen LogP contribution in [0.1, 0.15) is 51.5 Å². The van der Waals surface area contributed by atoms with E-state index in [4.69, 9.17) is 4.74 Å². The Balaban J connectivity index is 2.10. The third-order valence-corrected chi connectivity index (χ3v) is 5.48. The summed E-state index contributed by atoms with van der Waals surface area (Å²) < 4.78 is 6.42. The van der Waals surface area contributed by atoms with Gasteiger partial charge in [-0.15, -0.1) is 0 Å². The first-order chi connectivity index (χ1) is 12.4. The van der Waals surface area contributed by atoms with Gasteiger partial charge >= 0.3 is 5.97 Å². The predicted octanol–water partition coefficient (Wildman–Crippen LogP) is 4.62. The van der Waals surface area contributed by atoms with Crippen molar-refractivity contribution in [3.8, 4) is 0 Å². The molecule has 0 saturated heterocycles. The van der Waals surface area contributed by atoms with Crippen LogP contribution in [0.15, 0.2) is 51.3 Å². The van der Waals surface area contributed by atoms with Crippen molar-refractivity contribution in [3.05, 3.63) is 56.8 Å². The standard InChI is InChI=1S/C21H24BrNO3/c1-12(2)11-26-21(25)18-13(3)23-16-9-6-10-17(24)20(16)19(18)14-7-4-5-8-15(14)22/h4-5,7-8,12,19,23H,6,9-11H2,1-3H3. The molecule has 4 nitrogen and oxygen atoms in total. The van der Waals surface area contributed by atoms with Gasteiger partial charge in [-0.3, -0.25) is 4.79 Å². The Kier molecular flexibility index (Phi) is 5.66. The number of carbonyl (C=O) groups is 2. The van der Waals surface area contributed by atoms with Gasteiger partial charge < -0.3 is 10.1 Å². The van der Waals surface area contributed by atoms with Crippen LogP contribution in [0.25, 0.3) is 0 Å². The van der Waals surface area contributed by atoms with Crippen LogP contribution in [0.4, 0.5) is 0 Å². The van der Waals surface area contributed by atoms with Crippen LogP contribution in [-0.4, -0.2) is 18.4 Å². The predicted molar refractivity (Wildman–Crippen MR) is 104 cm³/mol. The Hall–Kier alpha value is -1.88. The molecule has 5 heteroatoms.